The molecule has 1 heterocycles. The highest BCUT2D eigenvalue weighted by Crippen LogP contribution is 2.53. The summed E-state index contributed by atoms with van der Waals surface area (Å²) in [7, 11) is 0. The van der Waals surface area contributed by atoms with Gasteiger partial charge in [-0.05, 0) is 42.0 Å². The number of hydrogen-bond acceptors (Lipinski definition) is 3. The number of fused-ring (bicyclic) bond motifs is 5. The van der Waals surface area contributed by atoms with Crippen molar-refractivity contribution in [2.75, 3.05) is 4.90 Å². The zero-order valence-electron chi connectivity index (χ0n) is 15.2. The van der Waals surface area contributed by atoms with Crippen molar-refractivity contribution in [3.63, 3.8) is 0 Å². The fourth-order valence-corrected chi connectivity index (χ4v) is 4.79. The molecule has 0 aromatic heterocycles. The normalized spacial score (nSPS) is 27.8. The molecule has 0 spiro atoms. The summed E-state index contributed by atoms with van der Waals surface area (Å²) in [5, 5.41) is 0. The first-order chi connectivity index (χ1) is 13.6. The summed E-state index contributed by atoms with van der Waals surface area (Å²) in [5.41, 5.74) is 1.89. The van der Waals surface area contributed by atoms with Crippen molar-refractivity contribution < 1.29 is 14.4 Å². The molecule has 4 atom stereocenters. The van der Waals surface area contributed by atoms with E-state index in [-0.39, 0.29) is 41.3 Å². The Labute approximate surface area is 163 Å². The lowest BCUT2D eigenvalue weighted by Gasteiger charge is -2.17. The molecule has 4 heteroatoms. The number of imide groups is 1. The summed E-state index contributed by atoms with van der Waals surface area (Å²) >= 11 is 0. The molecule has 5 rings (SSSR count). The maximum absolute atomic E-state index is 13.0. The van der Waals surface area contributed by atoms with Gasteiger partial charge in [0.15, 0.2) is 5.78 Å². The molecule has 0 N–H and O–H groups in total. The molecule has 0 unspecified atom stereocenters. The van der Waals surface area contributed by atoms with Gasteiger partial charge in [-0.15, -0.1) is 0 Å². The number of carbonyl (C=O) groups excluding carboxylic acids is 3. The van der Waals surface area contributed by atoms with Crippen LogP contribution in [-0.2, 0) is 9.59 Å². The molecule has 4 nitrogen and oxygen atoms in total. The average molecular weight is 369 g/mol. The van der Waals surface area contributed by atoms with Gasteiger partial charge in [-0.1, -0.05) is 60.7 Å². The Bertz CT molecular complexity index is 1010. The van der Waals surface area contributed by atoms with Gasteiger partial charge >= 0.3 is 0 Å². The second kappa shape index (κ2) is 6.41. The Hall–Kier alpha value is -3.27. The summed E-state index contributed by atoms with van der Waals surface area (Å²) in [4.78, 5) is 39.8. The van der Waals surface area contributed by atoms with Crippen LogP contribution in [0.3, 0.4) is 0 Å². The molecule has 28 heavy (non-hydrogen) atoms. The first-order valence-corrected chi connectivity index (χ1v) is 9.57. The van der Waals surface area contributed by atoms with Gasteiger partial charge in [0.05, 0.1) is 17.5 Å². The number of carbonyl (C=O) groups is 3. The minimum absolute atomic E-state index is 0.128. The fraction of sp³-hybridized carbons (Fsp3) is 0.208. The second-order valence-corrected chi connectivity index (χ2v) is 7.67. The number of nitrogens with zero attached hydrogens (tertiary/aromatic N) is 1. The molecule has 2 aliphatic carbocycles. The van der Waals surface area contributed by atoms with Gasteiger partial charge in [-0.3, -0.25) is 14.4 Å². The zero-order valence-corrected chi connectivity index (χ0v) is 15.2. The number of amides is 2. The Morgan fingerprint density at radius 3 is 2.25 bits per heavy atom. The molecule has 3 aliphatic rings. The summed E-state index contributed by atoms with van der Waals surface area (Å²) in [5.74, 6) is -0.538. The number of ketones is 1. The minimum Gasteiger partial charge on any atom is -0.289 e. The van der Waals surface area contributed by atoms with Gasteiger partial charge in [0.25, 0.3) is 0 Å². The minimum atomic E-state index is -0.236. The van der Waals surface area contributed by atoms with Crippen LogP contribution in [0.1, 0.15) is 22.3 Å². The van der Waals surface area contributed by atoms with Crippen LogP contribution < -0.4 is 4.90 Å². The van der Waals surface area contributed by atoms with Crippen LogP contribution in [-0.4, -0.2) is 17.6 Å². The molecule has 1 aliphatic heterocycles. The standard InChI is InChI=1S/C24H19NO3/c26-20(12-9-15-5-2-1-3-6-15)16-7-4-8-19(14-16)25-23(27)21-17-10-11-18(13-17)22(21)24(25)28/h1-12,14,17-18,21-22H,13H2/b12-9+/t17-,18-,21+,22+/m1/s1. The average Bonchev–Trinajstić information content (AvgIpc) is 3.41. The quantitative estimate of drug-likeness (QED) is 0.356. The lowest BCUT2D eigenvalue weighted by atomic mass is 9.85. The van der Waals surface area contributed by atoms with Gasteiger partial charge in [-0.2, -0.15) is 0 Å². The van der Waals surface area contributed by atoms with Crippen molar-refractivity contribution in [2.45, 2.75) is 6.42 Å². The molecule has 2 aromatic rings. The van der Waals surface area contributed by atoms with Gasteiger partial charge in [0.2, 0.25) is 11.8 Å². The predicted octanol–water partition coefficient (Wildman–Crippen LogP) is 3.89. The number of benzene rings is 2. The topological polar surface area (TPSA) is 54.5 Å². The van der Waals surface area contributed by atoms with E-state index in [0.29, 0.717) is 11.3 Å². The Balaban J connectivity index is 1.41. The number of hydrogen-bond donors (Lipinski definition) is 0. The molecule has 2 bridgehead atoms. The molecule has 2 fully saturated rings. The molecular weight excluding hydrogens is 350 g/mol. The third-order valence-electron chi connectivity index (χ3n) is 6.09. The Morgan fingerprint density at radius 2 is 1.57 bits per heavy atom. The van der Waals surface area contributed by atoms with Crippen molar-refractivity contribution >= 4 is 29.4 Å². The van der Waals surface area contributed by atoms with E-state index in [0.717, 1.165) is 12.0 Å². The van der Waals surface area contributed by atoms with E-state index in [4.69, 9.17) is 0 Å². The van der Waals surface area contributed by atoms with Crippen LogP contribution in [0.5, 0.6) is 0 Å². The van der Waals surface area contributed by atoms with Gasteiger partial charge < -0.3 is 0 Å². The molecule has 138 valence electrons. The number of anilines is 1. The van der Waals surface area contributed by atoms with E-state index in [9.17, 15) is 14.4 Å². The third kappa shape index (κ3) is 2.56. The van der Waals surface area contributed by atoms with Crippen LogP contribution in [0.25, 0.3) is 6.08 Å². The number of rotatable bonds is 4. The van der Waals surface area contributed by atoms with Crippen molar-refractivity contribution in [3.8, 4) is 0 Å². The lowest BCUT2D eigenvalue weighted by molar-refractivity contribution is -0.123. The highest BCUT2D eigenvalue weighted by Gasteiger charge is 2.59. The van der Waals surface area contributed by atoms with Crippen LogP contribution in [0.15, 0.2) is 72.8 Å². The molecule has 2 amide bonds. The Morgan fingerprint density at radius 1 is 0.893 bits per heavy atom. The summed E-state index contributed by atoms with van der Waals surface area (Å²) in [6.45, 7) is 0. The van der Waals surface area contributed by atoms with Crippen molar-refractivity contribution in [1.82, 2.24) is 0 Å². The third-order valence-corrected chi connectivity index (χ3v) is 6.09. The molecule has 1 saturated carbocycles. The first kappa shape index (κ1) is 16.9. The zero-order chi connectivity index (χ0) is 19.3. The largest absolute Gasteiger partial charge is 0.289 e. The van der Waals surface area contributed by atoms with E-state index in [1.54, 1.807) is 30.3 Å². The summed E-state index contributed by atoms with van der Waals surface area (Å²) in [6, 6.07) is 16.4. The maximum atomic E-state index is 13.0. The van der Waals surface area contributed by atoms with Crippen LogP contribution in [0, 0.1) is 23.7 Å². The maximum Gasteiger partial charge on any atom is 0.238 e. The second-order valence-electron chi connectivity index (χ2n) is 7.67. The first-order valence-electron chi connectivity index (χ1n) is 9.57. The van der Waals surface area contributed by atoms with E-state index in [2.05, 4.69) is 12.2 Å². The predicted molar refractivity (Wildman–Crippen MR) is 106 cm³/mol. The SMILES string of the molecule is O=C(/C=C/c1ccccc1)c1cccc(N2C(=O)[C@@H]3[C@@H](C2=O)[C@@H]2C=C[C@@H]3C2)c1. The highest BCUT2D eigenvalue weighted by atomic mass is 16.2. The summed E-state index contributed by atoms with van der Waals surface area (Å²) < 4.78 is 0. The van der Waals surface area contributed by atoms with Crippen LogP contribution >= 0.6 is 0 Å². The van der Waals surface area contributed by atoms with E-state index >= 15 is 0 Å². The van der Waals surface area contributed by atoms with Crippen LogP contribution in [0.2, 0.25) is 0 Å². The van der Waals surface area contributed by atoms with Gasteiger partial charge in [0, 0.05) is 5.56 Å². The monoisotopic (exact) mass is 369 g/mol. The molecular formula is C24H19NO3. The van der Waals surface area contributed by atoms with E-state index in [1.165, 1.54) is 11.0 Å². The highest BCUT2D eigenvalue weighted by molar-refractivity contribution is 6.23. The van der Waals surface area contributed by atoms with Crippen molar-refractivity contribution in [2.24, 2.45) is 23.7 Å². The van der Waals surface area contributed by atoms with Gasteiger partial charge in [0.1, 0.15) is 0 Å². The molecule has 0 radical (unpaired) electrons. The van der Waals surface area contributed by atoms with Crippen molar-refractivity contribution in [3.05, 3.63) is 84.0 Å². The van der Waals surface area contributed by atoms with Crippen LogP contribution in [0.4, 0.5) is 5.69 Å². The lowest BCUT2D eigenvalue weighted by Crippen LogP contribution is -2.32. The van der Waals surface area contributed by atoms with E-state index in [1.807, 2.05) is 30.3 Å². The van der Waals surface area contributed by atoms with Crippen molar-refractivity contribution in [1.29, 1.82) is 0 Å². The molecule has 1 saturated heterocycles. The Kier molecular flexibility index (Phi) is 3.86. The summed E-state index contributed by atoms with van der Waals surface area (Å²) in [6.07, 6.45) is 8.34. The van der Waals surface area contributed by atoms with E-state index < -0.39 is 0 Å². The van der Waals surface area contributed by atoms with Gasteiger partial charge in [-0.25, -0.2) is 4.90 Å². The molecule has 2 aromatic carbocycles. The smallest absolute Gasteiger partial charge is 0.238 e. The fourth-order valence-electron chi connectivity index (χ4n) is 4.79. The number of allylic oxidation sites excluding steroid dienone is 3.